The lowest BCUT2D eigenvalue weighted by atomic mass is 10.4. The molecule has 78 valence electrons. The van der Waals surface area contributed by atoms with Gasteiger partial charge in [0.05, 0.1) is 6.61 Å². The Morgan fingerprint density at radius 3 is 3.00 bits per heavy atom. The van der Waals surface area contributed by atoms with Gasteiger partial charge in [-0.1, -0.05) is 0 Å². The first kappa shape index (κ1) is 10.7. The smallest absolute Gasteiger partial charge is 0.240 e. The van der Waals surface area contributed by atoms with Gasteiger partial charge in [-0.05, 0) is 6.92 Å². The van der Waals surface area contributed by atoms with E-state index in [1.54, 1.807) is 6.07 Å². The number of hydrogen-bond donors (Lipinski definition) is 3. The van der Waals surface area contributed by atoms with Gasteiger partial charge in [-0.25, -0.2) is 10.8 Å². The topological polar surface area (TPSA) is 93.3 Å². The highest BCUT2D eigenvalue weighted by molar-refractivity contribution is 5.28. The van der Waals surface area contributed by atoms with Gasteiger partial charge in [-0.3, -0.25) is 5.43 Å². The molecule has 0 aliphatic rings. The largest absolute Gasteiger partial charge is 0.477 e. The standard InChI is InChI=1S/C8H14N4O2/c1-6-5-7(14-4-2-3-13)11-8(10-6)12-9/h5,13H,2-4,9H2,1H3,(H,10,11,12). The van der Waals surface area contributed by atoms with Crippen LogP contribution in [0.1, 0.15) is 12.1 Å². The number of aliphatic hydroxyl groups is 1. The third-order valence-corrected chi connectivity index (χ3v) is 1.51. The van der Waals surface area contributed by atoms with E-state index in [-0.39, 0.29) is 6.61 Å². The molecule has 0 spiro atoms. The molecule has 14 heavy (non-hydrogen) atoms. The summed E-state index contributed by atoms with van der Waals surface area (Å²) in [6.07, 6.45) is 0.578. The minimum atomic E-state index is 0.103. The number of hydrogen-bond acceptors (Lipinski definition) is 6. The molecule has 6 heteroatoms. The SMILES string of the molecule is Cc1cc(OCCCO)nc(NN)n1. The van der Waals surface area contributed by atoms with Gasteiger partial charge in [0.15, 0.2) is 0 Å². The fourth-order valence-electron chi connectivity index (χ4n) is 0.919. The van der Waals surface area contributed by atoms with Crippen LogP contribution in [0.25, 0.3) is 0 Å². The third-order valence-electron chi connectivity index (χ3n) is 1.51. The van der Waals surface area contributed by atoms with Crippen molar-refractivity contribution in [1.82, 2.24) is 9.97 Å². The molecule has 0 fully saturated rings. The van der Waals surface area contributed by atoms with Crippen molar-refractivity contribution in [3.8, 4) is 5.88 Å². The Morgan fingerprint density at radius 2 is 2.36 bits per heavy atom. The highest BCUT2D eigenvalue weighted by atomic mass is 16.5. The zero-order valence-corrected chi connectivity index (χ0v) is 8.03. The highest BCUT2D eigenvalue weighted by Gasteiger charge is 2.01. The number of nitrogens with one attached hydrogen (secondary N) is 1. The summed E-state index contributed by atoms with van der Waals surface area (Å²) < 4.78 is 5.26. The van der Waals surface area contributed by atoms with E-state index in [2.05, 4.69) is 15.4 Å². The van der Waals surface area contributed by atoms with Crippen molar-refractivity contribution < 1.29 is 9.84 Å². The van der Waals surface area contributed by atoms with Gasteiger partial charge in [0.2, 0.25) is 11.8 Å². The van der Waals surface area contributed by atoms with Crippen molar-refractivity contribution >= 4 is 5.95 Å². The van der Waals surface area contributed by atoms with E-state index in [0.29, 0.717) is 24.9 Å². The van der Waals surface area contributed by atoms with Gasteiger partial charge in [0.25, 0.3) is 0 Å². The zero-order valence-electron chi connectivity index (χ0n) is 8.03. The van der Waals surface area contributed by atoms with Gasteiger partial charge < -0.3 is 9.84 Å². The molecule has 1 aromatic heterocycles. The summed E-state index contributed by atoms with van der Waals surface area (Å²) in [6.45, 7) is 2.35. The molecule has 6 nitrogen and oxygen atoms in total. The molecule has 0 saturated carbocycles. The summed E-state index contributed by atoms with van der Waals surface area (Å²) in [5.74, 6) is 5.95. The zero-order chi connectivity index (χ0) is 10.4. The van der Waals surface area contributed by atoms with Crippen molar-refractivity contribution in [2.45, 2.75) is 13.3 Å². The summed E-state index contributed by atoms with van der Waals surface area (Å²) in [4.78, 5) is 7.98. The molecule has 0 amide bonds. The van der Waals surface area contributed by atoms with Gasteiger partial charge in [-0.2, -0.15) is 4.98 Å². The van der Waals surface area contributed by atoms with Crippen LogP contribution in [0.15, 0.2) is 6.07 Å². The van der Waals surface area contributed by atoms with E-state index in [9.17, 15) is 0 Å². The monoisotopic (exact) mass is 198 g/mol. The first-order valence-corrected chi connectivity index (χ1v) is 4.32. The van der Waals surface area contributed by atoms with E-state index in [0.717, 1.165) is 5.69 Å². The number of nitrogen functional groups attached to an aromatic ring is 1. The van der Waals surface area contributed by atoms with Gasteiger partial charge >= 0.3 is 0 Å². The van der Waals surface area contributed by atoms with Crippen molar-refractivity contribution in [1.29, 1.82) is 0 Å². The Bertz CT molecular complexity index is 293. The fraction of sp³-hybridized carbons (Fsp3) is 0.500. The maximum atomic E-state index is 8.55. The molecule has 0 aromatic carbocycles. The van der Waals surface area contributed by atoms with Gasteiger partial charge in [-0.15, -0.1) is 0 Å². The first-order chi connectivity index (χ1) is 6.76. The van der Waals surface area contributed by atoms with Crippen LogP contribution in [0, 0.1) is 6.92 Å². The second-order valence-corrected chi connectivity index (χ2v) is 2.74. The van der Waals surface area contributed by atoms with Crippen LogP contribution in [-0.2, 0) is 0 Å². The van der Waals surface area contributed by atoms with Gasteiger partial charge in [0.1, 0.15) is 0 Å². The number of aromatic nitrogens is 2. The van der Waals surface area contributed by atoms with Crippen LogP contribution in [0.3, 0.4) is 0 Å². The third kappa shape index (κ3) is 3.15. The molecule has 0 aliphatic heterocycles. The van der Waals surface area contributed by atoms with Crippen LogP contribution in [-0.4, -0.2) is 28.3 Å². The molecule has 0 aliphatic carbocycles. The van der Waals surface area contributed by atoms with E-state index in [4.69, 9.17) is 15.7 Å². The second kappa shape index (κ2) is 5.36. The Morgan fingerprint density at radius 1 is 1.57 bits per heavy atom. The Kier molecular flexibility index (Phi) is 4.09. The summed E-state index contributed by atoms with van der Waals surface area (Å²) in [5.41, 5.74) is 3.12. The molecule has 0 unspecified atom stereocenters. The lowest BCUT2D eigenvalue weighted by Gasteiger charge is -2.06. The fourth-order valence-corrected chi connectivity index (χ4v) is 0.919. The van der Waals surface area contributed by atoms with Crippen LogP contribution in [0.2, 0.25) is 0 Å². The predicted octanol–water partition coefficient (Wildman–Crippen LogP) is -0.168. The minimum Gasteiger partial charge on any atom is -0.477 e. The normalized spacial score (nSPS) is 9.93. The average Bonchev–Trinajstić information content (AvgIpc) is 2.17. The number of hydrazine groups is 1. The molecule has 1 aromatic rings. The summed E-state index contributed by atoms with van der Waals surface area (Å²) in [6, 6.07) is 1.71. The van der Waals surface area contributed by atoms with Crippen LogP contribution in [0.4, 0.5) is 5.95 Å². The molecular weight excluding hydrogens is 184 g/mol. The highest BCUT2D eigenvalue weighted by Crippen LogP contribution is 2.11. The summed E-state index contributed by atoms with van der Waals surface area (Å²) >= 11 is 0. The molecule has 4 N–H and O–H groups in total. The van der Waals surface area contributed by atoms with Crippen molar-refractivity contribution in [3.05, 3.63) is 11.8 Å². The van der Waals surface area contributed by atoms with E-state index in [1.165, 1.54) is 0 Å². The quantitative estimate of drug-likeness (QED) is 0.345. The van der Waals surface area contributed by atoms with E-state index < -0.39 is 0 Å². The maximum Gasteiger partial charge on any atom is 0.240 e. The molecule has 1 rings (SSSR count). The first-order valence-electron chi connectivity index (χ1n) is 4.32. The number of aryl methyl sites for hydroxylation is 1. The lowest BCUT2D eigenvalue weighted by molar-refractivity contribution is 0.229. The van der Waals surface area contributed by atoms with Crippen LogP contribution < -0.4 is 16.0 Å². The second-order valence-electron chi connectivity index (χ2n) is 2.74. The molecule has 0 atom stereocenters. The van der Waals surface area contributed by atoms with E-state index in [1.807, 2.05) is 6.92 Å². The summed E-state index contributed by atoms with van der Waals surface area (Å²) in [7, 11) is 0. The minimum absolute atomic E-state index is 0.103. The Balaban J connectivity index is 2.62. The number of rotatable bonds is 5. The Hall–Kier alpha value is -1.40. The molecule has 0 saturated heterocycles. The Labute approximate surface area is 82.1 Å². The molecule has 0 bridgehead atoms. The predicted molar refractivity (Wildman–Crippen MR) is 51.8 cm³/mol. The maximum absolute atomic E-state index is 8.55. The number of ether oxygens (including phenoxy) is 1. The van der Waals surface area contributed by atoms with Crippen molar-refractivity contribution in [2.24, 2.45) is 5.84 Å². The van der Waals surface area contributed by atoms with Crippen molar-refractivity contribution in [2.75, 3.05) is 18.6 Å². The molecular formula is C8H14N4O2. The summed E-state index contributed by atoms with van der Waals surface area (Å²) in [5, 5.41) is 8.55. The van der Waals surface area contributed by atoms with Crippen LogP contribution in [0.5, 0.6) is 5.88 Å². The molecule has 1 heterocycles. The van der Waals surface area contributed by atoms with Crippen LogP contribution >= 0.6 is 0 Å². The number of anilines is 1. The average molecular weight is 198 g/mol. The van der Waals surface area contributed by atoms with Gasteiger partial charge in [0, 0.05) is 24.8 Å². The number of nitrogens with zero attached hydrogens (tertiary/aromatic N) is 2. The molecule has 0 radical (unpaired) electrons. The van der Waals surface area contributed by atoms with Crippen molar-refractivity contribution in [3.63, 3.8) is 0 Å². The number of nitrogens with two attached hydrogens (primary N) is 1. The number of aliphatic hydroxyl groups excluding tert-OH is 1. The lowest BCUT2D eigenvalue weighted by Crippen LogP contribution is -2.12. The van der Waals surface area contributed by atoms with E-state index >= 15 is 0 Å².